The summed E-state index contributed by atoms with van der Waals surface area (Å²) in [5.74, 6) is -4.86. The average Bonchev–Trinajstić information content (AvgIpc) is 2.85. The SMILES string of the molecule is CC(O)C1CC(=O)OC2CC3(OC(C(C)CCCc4cc(O)ccc4Br)C2C)OC(O)(CC(=O)O1)C(C)CC3(C)C. The van der Waals surface area contributed by atoms with Crippen molar-refractivity contribution in [3.8, 4) is 5.75 Å². The van der Waals surface area contributed by atoms with Crippen molar-refractivity contribution in [1.29, 1.82) is 0 Å². The molecule has 0 amide bonds. The Morgan fingerprint density at radius 1 is 1.10 bits per heavy atom. The number of phenolic OH excluding ortho intramolecular Hbond substituents is 1. The lowest BCUT2D eigenvalue weighted by atomic mass is 9.66. The number of benzene rings is 1. The van der Waals surface area contributed by atoms with Crippen LogP contribution in [0.4, 0.5) is 0 Å². The molecule has 3 saturated heterocycles. The predicted octanol–water partition coefficient (Wildman–Crippen LogP) is 5.00. The first-order chi connectivity index (χ1) is 19.1. The summed E-state index contributed by atoms with van der Waals surface area (Å²) in [6.45, 7) is 11.4. The summed E-state index contributed by atoms with van der Waals surface area (Å²) in [7, 11) is 0. The second kappa shape index (κ2) is 12.1. The molecule has 230 valence electrons. The van der Waals surface area contributed by atoms with Crippen LogP contribution in [-0.4, -0.2) is 63.2 Å². The van der Waals surface area contributed by atoms with Crippen LogP contribution in [0.25, 0.3) is 0 Å². The highest BCUT2D eigenvalue weighted by molar-refractivity contribution is 9.10. The molecule has 0 saturated carbocycles. The van der Waals surface area contributed by atoms with Gasteiger partial charge in [0.15, 0.2) is 11.6 Å². The number of hydrogen-bond donors (Lipinski definition) is 3. The molecule has 0 radical (unpaired) electrons. The molecule has 3 aliphatic heterocycles. The van der Waals surface area contributed by atoms with Crippen molar-refractivity contribution in [2.75, 3.05) is 0 Å². The molecule has 0 aromatic heterocycles. The number of ether oxygens (including phenoxy) is 4. The lowest BCUT2D eigenvalue weighted by Crippen LogP contribution is -2.68. The van der Waals surface area contributed by atoms with Gasteiger partial charge in [-0.2, -0.15) is 0 Å². The van der Waals surface area contributed by atoms with E-state index in [1.54, 1.807) is 12.1 Å². The van der Waals surface area contributed by atoms with E-state index in [9.17, 15) is 24.9 Å². The largest absolute Gasteiger partial charge is 0.508 e. The number of phenols is 1. The van der Waals surface area contributed by atoms with Crippen molar-refractivity contribution >= 4 is 27.9 Å². The van der Waals surface area contributed by atoms with Crippen LogP contribution < -0.4 is 0 Å². The first kappa shape index (κ1) is 32.2. The first-order valence-electron chi connectivity index (χ1n) is 14.7. The van der Waals surface area contributed by atoms with E-state index in [1.165, 1.54) is 6.92 Å². The molecule has 41 heavy (non-hydrogen) atoms. The van der Waals surface area contributed by atoms with Crippen molar-refractivity contribution in [3.05, 3.63) is 28.2 Å². The number of carbonyl (C=O) groups is 2. The van der Waals surface area contributed by atoms with Crippen LogP contribution in [0.15, 0.2) is 22.7 Å². The molecule has 3 fully saturated rings. The number of halogens is 1. The summed E-state index contributed by atoms with van der Waals surface area (Å²) >= 11 is 3.56. The van der Waals surface area contributed by atoms with Gasteiger partial charge in [0.1, 0.15) is 18.0 Å². The van der Waals surface area contributed by atoms with Crippen LogP contribution in [0.2, 0.25) is 0 Å². The summed E-state index contributed by atoms with van der Waals surface area (Å²) in [6, 6.07) is 5.24. The maximum absolute atomic E-state index is 13.1. The number of cyclic esters (lactones) is 1. The van der Waals surface area contributed by atoms with Crippen molar-refractivity contribution in [1.82, 2.24) is 0 Å². The molecular formula is C31H45BrO9. The number of rotatable bonds is 6. The fourth-order valence-corrected chi connectivity index (χ4v) is 7.22. The topological polar surface area (TPSA) is 132 Å². The van der Waals surface area contributed by atoms with Gasteiger partial charge >= 0.3 is 11.9 Å². The Hall–Kier alpha value is -1.72. The minimum absolute atomic E-state index is 0.0365. The highest BCUT2D eigenvalue weighted by atomic mass is 79.9. The minimum Gasteiger partial charge on any atom is -0.508 e. The van der Waals surface area contributed by atoms with Crippen LogP contribution in [0.3, 0.4) is 0 Å². The molecule has 3 bridgehead atoms. The number of fused-ring (bicyclic) bond motifs is 2. The number of aliphatic hydroxyl groups is 2. The fourth-order valence-electron chi connectivity index (χ4n) is 6.78. The Labute approximate surface area is 251 Å². The Balaban J connectivity index is 1.64. The maximum Gasteiger partial charge on any atom is 0.311 e. The maximum atomic E-state index is 13.1. The van der Waals surface area contributed by atoms with E-state index in [0.29, 0.717) is 6.42 Å². The fraction of sp³-hybridized carbons (Fsp3) is 0.742. The predicted molar refractivity (Wildman–Crippen MR) is 154 cm³/mol. The van der Waals surface area contributed by atoms with Crippen LogP contribution >= 0.6 is 15.9 Å². The third kappa shape index (κ3) is 6.77. The van der Waals surface area contributed by atoms with Crippen molar-refractivity contribution in [2.45, 2.75) is 122 Å². The Morgan fingerprint density at radius 2 is 1.80 bits per heavy atom. The van der Waals surface area contributed by atoms with Gasteiger partial charge in [-0.25, -0.2) is 0 Å². The Kier molecular flexibility index (Phi) is 9.51. The van der Waals surface area contributed by atoms with E-state index >= 15 is 0 Å². The number of esters is 2. The van der Waals surface area contributed by atoms with Crippen molar-refractivity contribution in [3.63, 3.8) is 0 Å². The summed E-state index contributed by atoms with van der Waals surface area (Å²) in [6.07, 6.45) is -0.798. The molecule has 9 nitrogen and oxygen atoms in total. The van der Waals surface area contributed by atoms with Gasteiger partial charge in [0, 0.05) is 28.1 Å². The first-order valence-corrected chi connectivity index (χ1v) is 15.5. The molecule has 9 atom stereocenters. The highest BCUT2D eigenvalue weighted by Crippen LogP contribution is 2.57. The smallest absolute Gasteiger partial charge is 0.311 e. The lowest BCUT2D eigenvalue weighted by molar-refractivity contribution is -0.451. The Bertz CT molecular complexity index is 1120. The van der Waals surface area contributed by atoms with Crippen LogP contribution in [0.1, 0.15) is 85.6 Å². The second-order valence-corrected chi connectivity index (χ2v) is 14.0. The number of aliphatic hydroxyl groups excluding tert-OH is 1. The number of carbonyl (C=O) groups excluding carboxylic acids is 2. The molecule has 0 aliphatic carbocycles. The molecule has 3 heterocycles. The third-order valence-corrected chi connectivity index (χ3v) is 10.2. The van der Waals surface area contributed by atoms with E-state index in [-0.39, 0.29) is 36.5 Å². The highest BCUT2D eigenvalue weighted by Gasteiger charge is 2.64. The molecular weight excluding hydrogens is 596 g/mol. The minimum atomic E-state index is -1.86. The van der Waals surface area contributed by atoms with Gasteiger partial charge in [0.05, 0.1) is 25.0 Å². The van der Waals surface area contributed by atoms with E-state index in [4.69, 9.17) is 18.9 Å². The summed E-state index contributed by atoms with van der Waals surface area (Å²) < 4.78 is 25.8. The average molecular weight is 642 g/mol. The van der Waals surface area contributed by atoms with Crippen molar-refractivity contribution in [2.24, 2.45) is 23.2 Å². The zero-order valence-corrected chi connectivity index (χ0v) is 26.5. The van der Waals surface area contributed by atoms with Gasteiger partial charge in [0.2, 0.25) is 0 Å². The van der Waals surface area contributed by atoms with Crippen LogP contribution in [0, 0.1) is 23.2 Å². The molecule has 9 unspecified atom stereocenters. The van der Waals surface area contributed by atoms with Gasteiger partial charge < -0.3 is 34.3 Å². The second-order valence-electron chi connectivity index (χ2n) is 13.2. The van der Waals surface area contributed by atoms with Crippen LogP contribution in [-0.2, 0) is 35.0 Å². The summed E-state index contributed by atoms with van der Waals surface area (Å²) in [5.41, 5.74) is 0.437. The van der Waals surface area contributed by atoms with E-state index in [1.807, 2.05) is 33.8 Å². The van der Waals surface area contributed by atoms with Gasteiger partial charge in [-0.15, -0.1) is 0 Å². The quantitative estimate of drug-likeness (QED) is 0.367. The van der Waals surface area contributed by atoms with Gasteiger partial charge in [0.25, 0.3) is 0 Å². The van der Waals surface area contributed by atoms with Crippen molar-refractivity contribution < 1.29 is 43.9 Å². The van der Waals surface area contributed by atoms with Gasteiger partial charge in [-0.05, 0) is 62.3 Å². The number of aryl methyl sites for hydroxylation is 1. The molecule has 3 N–H and O–H groups in total. The number of aromatic hydroxyl groups is 1. The Morgan fingerprint density at radius 3 is 2.49 bits per heavy atom. The zero-order chi connectivity index (χ0) is 30.3. The standard InChI is InChI=1S/C31H45BrO9/c1-17(8-7-9-21-12-22(34)10-11-23(21)32)28-19(3)25-15-31(40-28)29(5,6)14-18(2)30(37,41-31)16-27(36)38-24(20(4)33)13-26(35)39-25/h10-12,17-20,24-25,28,33-34,37H,7-9,13-16H2,1-6H3. The lowest BCUT2D eigenvalue weighted by Gasteiger charge is -2.61. The molecule has 1 aromatic rings. The normalized spacial score (nSPS) is 37.1. The molecule has 1 aromatic carbocycles. The summed E-state index contributed by atoms with van der Waals surface area (Å²) in [5, 5.41) is 31.9. The molecule has 10 heteroatoms. The van der Waals surface area contributed by atoms with Gasteiger partial charge in [-0.1, -0.05) is 50.5 Å². The monoisotopic (exact) mass is 640 g/mol. The number of hydrogen-bond acceptors (Lipinski definition) is 9. The molecule has 4 rings (SSSR count). The van der Waals surface area contributed by atoms with E-state index in [2.05, 4.69) is 22.9 Å². The van der Waals surface area contributed by atoms with E-state index in [0.717, 1.165) is 29.3 Å². The zero-order valence-electron chi connectivity index (χ0n) is 24.9. The van der Waals surface area contributed by atoms with Gasteiger partial charge in [-0.3, -0.25) is 9.59 Å². The van der Waals surface area contributed by atoms with Crippen LogP contribution in [0.5, 0.6) is 5.75 Å². The van der Waals surface area contributed by atoms with E-state index < -0.39 is 59.6 Å². The summed E-state index contributed by atoms with van der Waals surface area (Å²) in [4.78, 5) is 26.0. The molecule has 1 spiro atoms. The third-order valence-electron chi connectivity index (χ3n) is 9.43. The molecule has 3 aliphatic rings.